The molecule has 150 valence electrons. The van der Waals surface area contributed by atoms with E-state index in [-0.39, 0.29) is 23.4 Å². The molecule has 0 amide bonds. The summed E-state index contributed by atoms with van der Waals surface area (Å²) in [5.41, 5.74) is 1.65. The quantitative estimate of drug-likeness (QED) is 0.380. The molecule has 29 heavy (non-hydrogen) atoms. The molecule has 3 aromatic rings. The third-order valence-electron chi connectivity index (χ3n) is 4.69. The van der Waals surface area contributed by atoms with Crippen LogP contribution in [0.5, 0.6) is 11.5 Å². The summed E-state index contributed by atoms with van der Waals surface area (Å²) < 4.78 is 34.8. The molecule has 3 rings (SSSR count). The van der Waals surface area contributed by atoms with Crippen LogP contribution in [0.1, 0.15) is 30.9 Å². The van der Waals surface area contributed by atoms with Crippen molar-refractivity contribution in [3.63, 3.8) is 0 Å². The molecule has 0 unspecified atom stereocenters. The van der Waals surface area contributed by atoms with Crippen molar-refractivity contribution in [2.75, 3.05) is 0 Å². The average Bonchev–Trinajstić information content (AvgIpc) is 2.71. The fourth-order valence-electron chi connectivity index (χ4n) is 3.24. The Morgan fingerprint density at radius 2 is 1.69 bits per heavy atom. The molecule has 0 spiro atoms. The number of hydrogen-bond donors (Lipinski definition) is 0. The molecule has 1 nitrogen and oxygen atoms in total. The van der Waals surface area contributed by atoms with E-state index in [4.69, 9.17) is 16.3 Å². The SMILES string of the molecule is CC(C)[C@@H](C(F)=CCc1ccc(F)c(Oc2ccccc2)c1)c1ccc(Cl)cc1. The van der Waals surface area contributed by atoms with Crippen molar-refractivity contribution >= 4 is 11.6 Å². The summed E-state index contributed by atoms with van der Waals surface area (Å²) in [4.78, 5) is 0. The van der Waals surface area contributed by atoms with Crippen molar-refractivity contribution < 1.29 is 13.5 Å². The molecule has 0 bridgehead atoms. The fourth-order valence-corrected chi connectivity index (χ4v) is 3.37. The Hall–Kier alpha value is -2.65. The number of para-hydroxylation sites is 1. The minimum absolute atomic E-state index is 0.0811. The highest BCUT2D eigenvalue weighted by atomic mass is 35.5. The normalized spacial score (nSPS) is 12.8. The van der Waals surface area contributed by atoms with Crippen LogP contribution < -0.4 is 4.74 Å². The second-order valence-electron chi connectivity index (χ2n) is 7.25. The van der Waals surface area contributed by atoms with Crippen LogP contribution >= 0.6 is 11.6 Å². The lowest BCUT2D eigenvalue weighted by atomic mass is 9.87. The predicted molar refractivity (Wildman–Crippen MR) is 115 cm³/mol. The average molecular weight is 413 g/mol. The third kappa shape index (κ3) is 5.68. The van der Waals surface area contributed by atoms with Gasteiger partial charge in [-0.2, -0.15) is 0 Å². The Kier molecular flexibility index (Phi) is 7.05. The largest absolute Gasteiger partial charge is 0.454 e. The van der Waals surface area contributed by atoms with Gasteiger partial charge in [0, 0.05) is 10.9 Å². The maximum atomic E-state index is 15.0. The summed E-state index contributed by atoms with van der Waals surface area (Å²) in [5.74, 6) is -0.265. The Morgan fingerprint density at radius 3 is 2.34 bits per heavy atom. The van der Waals surface area contributed by atoms with E-state index in [0.717, 1.165) is 11.1 Å². The molecule has 4 heteroatoms. The van der Waals surface area contributed by atoms with E-state index in [1.54, 1.807) is 42.5 Å². The Morgan fingerprint density at radius 1 is 1.00 bits per heavy atom. The van der Waals surface area contributed by atoms with Crippen molar-refractivity contribution in [1.29, 1.82) is 0 Å². The molecule has 1 atom stereocenters. The summed E-state index contributed by atoms with van der Waals surface area (Å²) in [6.45, 7) is 3.97. The smallest absolute Gasteiger partial charge is 0.165 e. The van der Waals surface area contributed by atoms with Gasteiger partial charge in [-0.1, -0.05) is 61.8 Å². The van der Waals surface area contributed by atoms with Crippen molar-refractivity contribution in [1.82, 2.24) is 0 Å². The maximum Gasteiger partial charge on any atom is 0.165 e. The number of allylic oxidation sites excluding steroid dienone is 2. The topological polar surface area (TPSA) is 9.23 Å². The predicted octanol–water partition coefficient (Wildman–Crippen LogP) is 8.11. The van der Waals surface area contributed by atoms with Crippen LogP contribution in [-0.4, -0.2) is 0 Å². The van der Waals surface area contributed by atoms with E-state index in [1.165, 1.54) is 6.07 Å². The van der Waals surface area contributed by atoms with E-state index >= 15 is 4.39 Å². The van der Waals surface area contributed by atoms with Gasteiger partial charge in [-0.3, -0.25) is 0 Å². The van der Waals surface area contributed by atoms with Crippen molar-refractivity contribution in [3.05, 3.63) is 107 Å². The summed E-state index contributed by atoms with van der Waals surface area (Å²) in [5, 5.41) is 0.623. The summed E-state index contributed by atoms with van der Waals surface area (Å²) in [7, 11) is 0. The Labute approximate surface area is 175 Å². The zero-order valence-electron chi connectivity index (χ0n) is 16.4. The number of halogens is 3. The van der Waals surface area contributed by atoms with Crippen LogP contribution in [0.2, 0.25) is 5.02 Å². The molecule has 0 aliphatic rings. The zero-order valence-corrected chi connectivity index (χ0v) is 17.2. The lowest BCUT2D eigenvalue weighted by molar-refractivity contribution is 0.441. The second-order valence-corrected chi connectivity index (χ2v) is 7.68. The zero-order chi connectivity index (χ0) is 20.8. The molecule has 0 saturated heterocycles. The van der Waals surface area contributed by atoms with Gasteiger partial charge < -0.3 is 4.74 Å². The maximum absolute atomic E-state index is 15.0. The van der Waals surface area contributed by atoms with Crippen molar-refractivity contribution in [3.8, 4) is 11.5 Å². The van der Waals surface area contributed by atoms with Crippen LogP contribution in [0.25, 0.3) is 0 Å². The summed E-state index contributed by atoms with van der Waals surface area (Å²) in [6.07, 6.45) is 1.90. The Bertz CT molecular complexity index is 966. The minimum Gasteiger partial charge on any atom is -0.454 e. The van der Waals surface area contributed by atoms with Crippen molar-refractivity contribution in [2.24, 2.45) is 5.92 Å². The van der Waals surface area contributed by atoms with Crippen LogP contribution in [-0.2, 0) is 6.42 Å². The lowest BCUT2D eigenvalue weighted by Gasteiger charge is -2.20. The highest BCUT2D eigenvalue weighted by Crippen LogP contribution is 2.34. The fraction of sp³-hybridized carbons (Fsp3) is 0.200. The van der Waals surface area contributed by atoms with Gasteiger partial charge in [0.25, 0.3) is 0 Å². The standard InChI is InChI=1S/C25H23ClF2O/c1-17(2)25(19-10-12-20(26)13-11-19)23(28)15-9-18-8-14-22(27)24(16-18)29-21-6-4-3-5-7-21/h3-8,10-17,25H,9H2,1-2H3/t25-/m1/s1. The number of benzene rings is 3. The summed E-state index contributed by atoms with van der Waals surface area (Å²) >= 11 is 5.95. The number of rotatable bonds is 7. The van der Waals surface area contributed by atoms with E-state index in [1.807, 2.05) is 44.2 Å². The lowest BCUT2D eigenvalue weighted by Crippen LogP contribution is -2.08. The molecule has 0 fully saturated rings. The number of hydrogen-bond acceptors (Lipinski definition) is 1. The first-order chi connectivity index (χ1) is 13.9. The molecule has 0 aliphatic heterocycles. The monoisotopic (exact) mass is 412 g/mol. The third-order valence-corrected chi connectivity index (χ3v) is 4.94. The van der Waals surface area contributed by atoms with Gasteiger partial charge in [-0.15, -0.1) is 0 Å². The minimum atomic E-state index is -0.455. The van der Waals surface area contributed by atoms with E-state index < -0.39 is 5.82 Å². The molecule has 0 saturated carbocycles. The first-order valence-corrected chi connectivity index (χ1v) is 9.94. The van der Waals surface area contributed by atoms with E-state index in [9.17, 15) is 4.39 Å². The molecule has 0 heterocycles. The molecular weight excluding hydrogens is 390 g/mol. The first-order valence-electron chi connectivity index (χ1n) is 9.56. The van der Waals surface area contributed by atoms with Gasteiger partial charge in [0.2, 0.25) is 0 Å². The van der Waals surface area contributed by atoms with Gasteiger partial charge in [0.05, 0.1) is 0 Å². The van der Waals surface area contributed by atoms with Gasteiger partial charge in [-0.05, 0) is 65.9 Å². The molecule has 0 N–H and O–H groups in total. The highest BCUT2D eigenvalue weighted by molar-refractivity contribution is 6.30. The van der Waals surface area contributed by atoms with Crippen LogP contribution in [0, 0.1) is 11.7 Å². The number of ether oxygens (including phenoxy) is 1. The molecule has 0 aromatic heterocycles. The molecule has 0 radical (unpaired) electrons. The first kappa shape index (κ1) is 21.1. The molecule has 3 aromatic carbocycles. The van der Waals surface area contributed by atoms with Gasteiger partial charge >= 0.3 is 0 Å². The van der Waals surface area contributed by atoms with E-state index in [0.29, 0.717) is 17.2 Å². The highest BCUT2D eigenvalue weighted by Gasteiger charge is 2.20. The van der Waals surface area contributed by atoms with Gasteiger partial charge in [0.1, 0.15) is 11.6 Å². The van der Waals surface area contributed by atoms with Gasteiger partial charge in [-0.25, -0.2) is 8.78 Å². The van der Waals surface area contributed by atoms with Crippen LogP contribution in [0.4, 0.5) is 8.78 Å². The Balaban J connectivity index is 1.78. The van der Waals surface area contributed by atoms with Crippen molar-refractivity contribution in [2.45, 2.75) is 26.2 Å². The van der Waals surface area contributed by atoms with Crippen LogP contribution in [0.3, 0.4) is 0 Å². The molecule has 0 aliphatic carbocycles. The van der Waals surface area contributed by atoms with Gasteiger partial charge in [0.15, 0.2) is 11.6 Å². The summed E-state index contributed by atoms with van der Waals surface area (Å²) in [6, 6.07) is 20.8. The molecular formula is C25H23ClF2O. The van der Waals surface area contributed by atoms with Crippen LogP contribution in [0.15, 0.2) is 84.7 Å². The second kappa shape index (κ2) is 9.71. The van der Waals surface area contributed by atoms with E-state index in [2.05, 4.69) is 0 Å².